The molecule has 1 aliphatic rings. The second-order valence-electron chi connectivity index (χ2n) is 3.82. The highest BCUT2D eigenvalue weighted by Crippen LogP contribution is 2.20. The molecule has 1 rings (SSSR count). The molecule has 0 aromatic carbocycles. The van der Waals surface area contributed by atoms with Crippen LogP contribution in [0.5, 0.6) is 0 Å². The van der Waals surface area contributed by atoms with E-state index in [2.05, 4.69) is 23.4 Å². The molecule has 1 aliphatic heterocycles. The molecule has 0 saturated carbocycles. The van der Waals surface area contributed by atoms with Crippen LogP contribution in [0.1, 0.15) is 20.3 Å². The van der Waals surface area contributed by atoms with Crippen molar-refractivity contribution in [3.05, 3.63) is 48.6 Å². The normalized spacial score (nSPS) is 16.0. The first-order valence-corrected chi connectivity index (χ1v) is 6.52. The van der Waals surface area contributed by atoms with E-state index < -0.39 is 0 Å². The van der Waals surface area contributed by atoms with E-state index in [1.165, 1.54) is 0 Å². The van der Waals surface area contributed by atoms with Crippen molar-refractivity contribution in [3.63, 3.8) is 0 Å². The Balaban J connectivity index is 2.59. The first-order chi connectivity index (χ1) is 8.17. The van der Waals surface area contributed by atoms with Crippen LogP contribution < -0.4 is 0 Å². The maximum atomic E-state index is 4.22. The van der Waals surface area contributed by atoms with Crippen LogP contribution in [0, 0.1) is 0 Å². The number of hydrogen-bond acceptors (Lipinski definition) is 3. The zero-order chi connectivity index (χ0) is 12.7. The second-order valence-corrected chi connectivity index (χ2v) is 4.87. The third-order valence-corrected chi connectivity index (χ3v) is 3.26. The maximum absolute atomic E-state index is 4.22. The van der Waals surface area contributed by atoms with Gasteiger partial charge in [0.05, 0.1) is 5.71 Å². The van der Waals surface area contributed by atoms with Gasteiger partial charge in [-0.2, -0.15) is 5.10 Å². The monoisotopic (exact) mass is 246 g/mol. The van der Waals surface area contributed by atoms with E-state index in [0.717, 1.165) is 34.1 Å². The molecule has 0 fully saturated rings. The quantitative estimate of drug-likeness (QED) is 0.528. The molecule has 3 heteroatoms. The highest BCUT2D eigenvalue weighted by Gasteiger charge is 2.14. The number of hydrogen-bond donors (Lipinski definition) is 0. The summed E-state index contributed by atoms with van der Waals surface area (Å²) in [6.45, 7) is 11.6. The number of allylic oxidation sites excluding steroid dienone is 5. The van der Waals surface area contributed by atoms with Crippen molar-refractivity contribution in [2.24, 2.45) is 10.2 Å². The number of thioether (sulfide) groups is 1. The van der Waals surface area contributed by atoms with Crippen LogP contribution in [0.15, 0.2) is 58.8 Å². The average Bonchev–Trinajstić information content (AvgIpc) is 2.74. The van der Waals surface area contributed by atoms with Crippen molar-refractivity contribution in [3.8, 4) is 0 Å². The zero-order valence-electron chi connectivity index (χ0n) is 10.4. The lowest BCUT2D eigenvalue weighted by Gasteiger charge is -2.01. The number of nitrogens with zero attached hydrogens (tertiary/aromatic N) is 2. The van der Waals surface area contributed by atoms with Crippen LogP contribution in [0.2, 0.25) is 0 Å². The molecular formula is C14H18N2S. The fraction of sp³-hybridized carbons (Fsp3) is 0.286. The minimum absolute atomic E-state index is 0.808. The number of rotatable bonds is 5. The Morgan fingerprint density at radius 1 is 1.47 bits per heavy atom. The molecule has 2 nitrogen and oxygen atoms in total. The van der Waals surface area contributed by atoms with Gasteiger partial charge in [0.15, 0.2) is 0 Å². The largest absolute Gasteiger partial charge is 0.154 e. The molecule has 0 spiro atoms. The Hall–Kier alpha value is -1.35. The van der Waals surface area contributed by atoms with Crippen molar-refractivity contribution in [2.75, 3.05) is 5.75 Å². The molecule has 0 aliphatic carbocycles. The van der Waals surface area contributed by atoms with Crippen molar-refractivity contribution in [2.45, 2.75) is 20.3 Å². The van der Waals surface area contributed by atoms with Crippen molar-refractivity contribution in [1.29, 1.82) is 0 Å². The molecule has 0 radical (unpaired) electrons. The zero-order valence-corrected chi connectivity index (χ0v) is 11.3. The van der Waals surface area contributed by atoms with Gasteiger partial charge < -0.3 is 0 Å². The van der Waals surface area contributed by atoms with E-state index >= 15 is 0 Å². The van der Waals surface area contributed by atoms with Crippen LogP contribution >= 0.6 is 11.8 Å². The summed E-state index contributed by atoms with van der Waals surface area (Å²) < 4.78 is 0. The predicted molar refractivity (Wildman–Crippen MR) is 79.9 cm³/mol. The van der Waals surface area contributed by atoms with Gasteiger partial charge in [0.25, 0.3) is 0 Å². The van der Waals surface area contributed by atoms with Crippen molar-refractivity contribution < 1.29 is 0 Å². The molecular weight excluding hydrogens is 228 g/mol. The van der Waals surface area contributed by atoms with Gasteiger partial charge in [-0.1, -0.05) is 43.0 Å². The summed E-state index contributed by atoms with van der Waals surface area (Å²) in [5.74, 6) is 0.908. The Morgan fingerprint density at radius 2 is 2.24 bits per heavy atom. The van der Waals surface area contributed by atoms with Crippen molar-refractivity contribution >= 4 is 22.5 Å². The molecule has 0 atom stereocenters. The van der Waals surface area contributed by atoms with E-state index in [1.54, 1.807) is 17.8 Å². The van der Waals surface area contributed by atoms with Crippen molar-refractivity contribution in [1.82, 2.24) is 0 Å². The van der Waals surface area contributed by atoms with Gasteiger partial charge in [-0.3, -0.25) is 0 Å². The minimum atomic E-state index is 0.808. The standard InChI is InChI=1S/C14H18N2S/c1-5-7-12(8-6-2)13-9-14(16-15-13)17-10-11(3)4/h5-8H,1,3,9-10H2,2,4H3/b8-6-,12-7+. The molecule has 0 aromatic heterocycles. The first kappa shape index (κ1) is 13.7. The fourth-order valence-electron chi connectivity index (χ4n) is 1.33. The predicted octanol–water partition coefficient (Wildman–Crippen LogP) is 4.14. The van der Waals surface area contributed by atoms with Crippen LogP contribution in [0.3, 0.4) is 0 Å². The van der Waals surface area contributed by atoms with E-state index in [4.69, 9.17) is 0 Å². The first-order valence-electron chi connectivity index (χ1n) is 5.53. The molecule has 90 valence electrons. The van der Waals surface area contributed by atoms with Crippen LogP contribution in [0.25, 0.3) is 0 Å². The molecule has 1 heterocycles. The lowest BCUT2D eigenvalue weighted by atomic mass is 10.1. The molecule has 0 N–H and O–H groups in total. The summed E-state index contributed by atoms with van der Waals surface area (Å²) >= 11 is 1.71. The van der Waals surface area contributed by atoms with Crippen LogP contribution in [-0.4, -0.2) is 16.5 Å². The lowest BCUT2D eigenvalue weighted by molar-refractivity contribution is 1.27. The Kier molecular flexibility index (Phi) is 5.70. The van der Waals surface area contributed by atoms with Gasteiger partial charge in [0.2, 0.25) is 0 Å². The summed E-state index contributed by atoms with van der Waals surface area (Å²) in [6.07, 6.45) is 8.57. The van der Waals surface area contributed by atoms with E-state index in [9.17, 15) is 0 Å². The summed E-state index contributed by atoms with van der Waals surface area (Å²) in [6, 6.07) is 0. The third kappa shape index (κ3) is 4.57. The van der Waals surface area contributed by atoms with Gasteiger partial charge in [0, 0.05) is 12.2 Å². The van der Waals surface area contributed by atoms with Gasteiger partial charge >= 0.3 is 0 Å². The van der Waals surface area contributed by atoms with Crippen LogP contribution in [0.4, 0.5) is 0 Å². The van der Waals surface area contributed by atoms with Crippen LogP contribution in [-0.2, 0) is 0 Å². The molecule has 0 bridgehead atoms. The Bertz CT molecular complexity index is 426. The van der Waals surface area contributed by atoms with Gasteiger partial charge in [-0.15, -0.1) is 16.9 Å². The second kappa shape index (κ2) is 7.07. The Labute approximate surface area is 108 Å². The molecule has 0 aromatic rings. The minimum Gasteiger partial charge on any atom is -0.154 e. The van der Waals surface area contributed by atoms with E-state index in [1.807, 2.05) is 32.1 Å². The summed E-state index contributed by atoms with van der Waals surface area (Å²) in [5, 5.41) is 9.47. The van der Waals surface area contributed by atoms with E-state index in [0.29, 0.717) is 0 Å². The Morgan fingerprint density at radius 3 is 2.82 bits per heavy atom. The molecule has 0 unspecified atom stereocenters. The molecule has 0 saturated heterocycles. The maximum Gasteiger partial charge on any atom is 0.102 e. The highest BCUT2D eigenvalue weighted by molar-refractivity contribution is 8.14. The smallest absolute Gasteiger partial charge is 0.102 e. The van der Waals surface area contributed by atoms with Gasteiger partial charge in [0.1, 0.15) is 5.04 Å². The fourth-order valence-corrected chi connectivity index (χ4v) is 2.08. The molecule has 0 amide bonds. The van der Waals surface area contributed by atoms with Gasteiger partial charge in [-0.05, 0) is 19.4 Å². The van der Waals surface area contributed by atoms with E-state index in [-0.39, 0.29) is 0 Å². The summed E-state index contributed by atoms with van der Waals surface area (Å²) in [4.78, 5) is 0. The SMILES string of the molecule is C=C/C=C(\C=C/C)C1=NN=C(SCC(=C)C)C1. The topological polar surface area (TPSA) is 24.7 Å². The van der Waals surface area contributed by atoms with Gasteiger partial charge in [-0.25, -0.2) is 0 Å². The lowest BCUT2D eigenvalue weighted by Crippen LogP contribution is -2.02. The summed E-state index contributed by atoms with van der Waals surface area (Å²) in [7, 11) is 0. The molecule has 17 heavy (non-hydrogen) atoms. The average molecular weight is 246 g/mol. The third-order valence-electron chi connectivity index (χ3n) is 2.06. The summed E-state index contributed by atoms with van der Waals surface area (Å²) in [5.41, 5.74) is 3.24. The highest BCUT2D eigenvalue weighted by atomic mass is 32.2.